The molecule has 0 amide bonds. The zero-order valence-corrected chi connectivity index (χ0v) is 43.2. The molecule has 11 aromatic carbocycles. The molecule has 0 saturated carbocycles. The summed E-state index contributed by atoms with van der Waals surface area (Å²) in [5.41, 5.74) is 13.4. The van der Waals surface area contributed by atoms with Crippen molar-refractivity contribution in [2.45, 2.75) is 0 Å². The lowest BCUT2D eigenvalue weighted by Gasteiger charge is -2.21. The van der Waals surface area contributed by atoms with E-state index in [0.717, 1.165) is 72.4 Å². The molecule has 8 heteroatoms. The quantitative estimate of drug-likeness (QED) is 0.150. The van der Waals surface area contributed by atoms with Crippen LogP contribution in [0.3, 0.4) is 0 Å². The minimum atomic E-state index is 0.560. The van der Waals surface area contributed by atoms with Crippen LogP contribution >= 0.6 is 22.7 Å². The largest absolute Gasteiger partial charge is 0.309 e. The summed E-state index contributed by atoms with van der Waals surface area (Å²) in [6, 6.07) is 86.1. The van der Waals surface area contributed by atoms with Gasteiger partial charge in [-0.2, -0.15) is 0 Å². The predicted molar refractivity (Wildman–Crippen MR) is 328 cm³/mol. The Balaban J connectivity index is 1.05. The van der Waals surface area contributed by atoms with E-state index in [1.807, 2.05) is 77.3 Å². The third-order valence-corrected chi connectivity index (χ3v) is 17.8. The van der Waals surface area contributed by atoms with Crippen molar-refractivity contribution in [2.24, 2.45) is 0 Å². The molecule has 0 spiro atoms. The van der Waals surface area contributed by atoms with E-state index >= 15 is 0 Å². The molecule has 0 bridgehead atoms. The molecule has 0 aliphatic rings. The molecule has 6 nitrogen and oxygen atoms in total. The van der Waals surface area contributed by atoms with E-state index in [1.165, 1.54) is 61.9 Å². The normalized spacial score (nSPS) is 11.8. The molecular weight excluding hydrogens is 989 g/mol. The van der Waals surface area contributed by atoms with Crippen LogP contribution in [0.25, 0.3) is 157 Å². The van der Waals surface area contributed by atoms with E-state index in [2.05, 4.69) is 202 Å². The van der Waals surface area contributed by atoms with E-state index in [1.54, 1.807) is 0 Å². The average Bonchev–Trinajstić information content (AvgIpc) is 4.10. The van der Waals surface area contributed by atoms with E-state index in [9.17, 15) is 0 Å². The number of para-hydroxylation sites is 3. The molecule has 0 saturated heterocycles. The number of hydrogen-bond donors (Lipinski definition) is 0. The number of nitrogens with zero attached hydrogens (tertiary/aromatic N) is 6. The van der Waals surface area contributed by atoms with Gasteiger partial charge in [0.25, 0.3) is 0 Å². The van der Waals surface area contributed by atoms with Crippen LogP contribution in [-0.4, -0.2) is 24.1 Å². The zero-order chi connectivity index (χ0) is 51.4. The first-order valence-corrected chi connectivity index (χ1v) is 27.6. The van der Waals surface area contributed by atoms with Gasteiger partial charge >= 0.3 is 0 Å². The molecule has 0 N–H and O–H groups in total. The lowest BCUT2D eigenvalue weighted by Crippen LogP contribution is -2.04. The summed E-state index contributed by atoms with van der Waals surface area (Å²) in [6.45, 7) is 8.35. The van der Waals surface area contributed by atoms with Gasteiger partial charge in [-0.25, -0.2) is 19.8 Å². The second-order valence-corrected chi connectivity index (χ2v) is 21.8. The van der Waals surface area contributed by atoms with Crippen molar-refractivity contribution in [1.82, 2.24) is 24.1 Å². The summed E-state index contributed by atoms with van der Waals surface area (Å²) < 4.78 is 10.00. The van der Waals surface area contributed by atoms with Crippen LogP contribution < -0.4 is 0 Å². The Morgan fingerprint density at radius 2 is 0.744 bits per heavy atom. The van der Waals surface area contributed by atoms with Crippen molar-refractivity contribution in [1.29, 1.82) is 0 Å². The Kier molecular flexibility index (Phi) is 9.94. The highest BCUT2D eigenvalue weighted by Gasteiger charge is 2.26. The topological polar surface area (TPSA) is 52.9 Å². The minimum Gasteiger partial charge on any atom is -0.309 e. The van der Waals surface area contributed by atoms with E-state index in [0.29, 0.717) is 23.2 Å². The fraction of sp³-hybridized carbons (Fsp3) is 0. The fourth-order valence-corrected chi connectivity index (χ4v) is 14.5. The Morgan fingerprint density at radius 1 is 0.321 bits per heavy atom. The molecule has 0 unspecified atom stereocenters. The maximum atomic E-state index is 8.35. The van der Waals surface area contributed by atoms with Gasteiger partial charge in [0, 0.05) is 89.7 Å². The Morgan fingerprint density at radius 3 is 1.27 bits per heavy atom. The van der Waals surface area contributed by atoms with Gasteiger partial charge in [0.2, 0.25) is 0 Å². The molecule has 78 heavy (non-hydrogen) atoms. The van der Waals surface area contributed by atoms with Gasteiger partial charge in [-0.3, -0.25) is 0 Å². The van der Waals surface area contributed by atoms with Crippen molar-refractivity contribution in [3.8, 4) is 67.8 Å². The summed E-state index contributed by atoms with van der Waals surface area (Å²) in [7, 11) is 0. The fourth-order valence-electron chi connectivity index (χ4n) is 11.9. The van der Waals surface area contributed by atoms with E-state index in [-0.39, 0.29) is 0 Å². The first kappa shape index (κ1) is 44.3. The van der Waals surface area contributed by atoms with Crippen LogP contribution in [0, 0.1) is 6.57 Å². The third kappa shape index (κ3) is 6.76. The van der Waals surface area contributed by atoms with Gasteiger partial charge in [-0.15, -0.1) is 22.7 Å². The number of rotatable bonds is 7. The van der Waals surface area contributed by atoms with Crippen LogP contribution in [-0.2, 0) is 0 Å². The highest BCUT2D eigenvalue weighted by Crippen LogP contribution is 2.49. The minimum absolute atomic E-state index is 0.560. The van der Waals surface area contributed by atoms with E-state index in [4.69, 9.17) is 21.5 Å². The highest BCUT2D eigenvalue weighted by molar-refractivity contribution is 7.27. The highest BCUT2D eigenvalue weighted by atomic mass is 32.1. The molecule has 5 heterocycles. The van der Waals surface area contributed by atoms with Gasteiger partial charge in [0.15, 0.2) is 23.2 Å². The number of fused-ring (bicyclic) bond motifs is 14. The zero-order valence-electron chi connectivity index (χ0n) is 41.6. The van der Waals surface area contributed by atoms with Gasteiger partial charge in [0.1, 0.15) is 0 Å². The average molecular weight is 1030 g/mol. The number of hydrogen-bond acceptors (Lipinski definition) is 5. The Hall–Kier alpha value is -10.0. The van der Waals surface area contributed by atoms with Crippen molar-refractivity contribution in [3.05, 3.63) is 254 Å². The van der Waals surface area contributed by atoms with Crippen LogP contribution in [0.4, 0.5) is 5.69 Å². The molecule has 0 fully saturated rings. The summed E-state index contributed by atoms with van der Waals surface area (Å²) >= 11 is 3.72. The van der Waals surface area contributed by atoms with Crippen LogP contribution in [0.5, 0.6) is 0 Å². The lowest BCUT2D eigenvalue weighted by molar-refractivity contribution is 1.07. The number of aromatic nitrogens is 5. The van der Waals surface area contributed by atoms with Crippen molar-refractivity contribution >= 4 is 112 Å². The molecule has 362 valence electrons. The molecular formula is C70H40N6S2. The van der Waals surface area contributed by atoms with Gasteiger partial charge < -0.3 is 9.13 Å². The second kappa shape index (κ2) is 17.5. The van der Waals surface area contributed by atoms with Crippen LogP contribution in [0.15, 0.2) is 243 Å². The summed E-state index contributed by atoms with van der Waals surface area (Å²) in [6.07, 6.45) is 0. The maximum Gasteiger partial charge on any atom is 0.194 e. The first-order valence-electron chi connectivity index (χ1n) is 26.0. The van der Waals surface area contributed by atoms with Crippen LogP contribution in [0.1, 0.15) is 0 Å². The first-order chi connectivity index (χ1) is 38.6. The summed E-state index contributed by atoms with van der Waals surface area (Å²) in [5, 5.41) is 9.88. The predicted octanol–water partition coefficient (Wildman–Crippen LogP) is 19.7. The smallest absolute Gasteiger partial charge is 0.194 e. The number of benzene rings is 11. The summed E-state index contributed by atoms with van der Waals surface area (Å²) in [5.74, 6) is 1.75. The molecule has 0 atom stereocenters. The molecule has 5 aromatic heterocycles. The molecule has 0 radical (unpaired) electrons. The SMILES string of the molecule is [C-]#[N+]c1ccccc1-c1ccc(-n2c3ccccc3c3c4sc5ccccc5c4ccc32)c(-c2cc(-c3nc(-c4ccccc4)nc(-c4ccccc4)n3)ccc2-n2c3ccccc3c3c4sc5ccccc5c4ccc32)c1. The van der Waals surface area contributed by atoms with Gasteiger partial charge in [0.05, 0.1) is 40.0 Å². The third-order valence-electron chi connectivity index (χ3n) is 15.4. The Labute approximate surface area is 455 Å². The van der Waals surface area contributed by atoms with Crippen molar-refractivity contribution < 1.29 is 0 Å². The molecule has 16 rings (SSSR count). The van der Waals surface area contributed by atoms with Crippen LogP contribution in [0.2, 0.25) is 0 Å². The lowest BCUT2D eigenvalue weighted by atomic mass is 9.93. The van der Waals surface area contributed by atoms with E-state index < -0.39 is 0 Å². The Bertz CT molecular complexity index is 5120. The van der Waals surface area contributed by atoms with Gasteiger partial charge in [-0.05, 0) is 77.9 Å². The maximum absolute atomic E-state index is 8.35. The second-order valence-electron chi connectivity index (χ2n) is 19.7. The molecule has 0 aliphatic carbocycles. The molecule has 16 aromatic rings. The standard InChI is InChI=1S/C70H40N6S2/c1-71-55-27-13-8-22-46(55)44-32-36-58(75-56-28-14-9-25-51(56)64-60(75)38-34-49-47-23-11-16-30-62(47)77-66(49)64)53(40-44)54-41-45(70-73-68(42-18-4-2-5-19-42)72-69(74-70)43-20-6-3-7-21-43)33-37-59(54)76-57-29-15-10-26-52(57)65-61(76)39-35-50-48-24-12-17-31-63(48)78-67(50)65/h2-41H. The molecule has 0 aliphatic heterocycles. The monoisotopic (exact) mass is 1030 g/mol. The van der Waals surface area contributed by atoms with Crippen molar-refractivity contribution in [3.63, 3.8) is 0 Å². The van der Waals surface area contributed by atoms with Gasteiger partial charge in [-0.1, -0.05) is 176 Å². The number of thiophene rings is 2. The summed E-state index contributed by atoms with van der Waals surface area (Å²) in [4.78, 5) is 19.8. The van der Waals surface area contributed by atoms with Crippen molar-refractivity contribution in [2.75, 3.05) is 0 Å².